The molecule has 1 aliphatic heterocycles. The van der Waals surface area contributed by atoms with E-state index in [2.05, 4.69) is 19.2 Å². The number of hydrogen-bond acceptors (Lipinski definition) is 2. The number of carbonyl (C=O) groups excluding carboxylic acids is 2. The SMILES string of the molecule is CCCC(C)CCNC(=O)C1CCCN1C=O. The van der Waals surface area contributed by atoms with Crippen LogP contribution in [-0.2, 0) is 9.59 Å². The predicted molar refractivity (Wildman–Crippen MR) is 67.5 cm³/mol. The summed E-state index contributed by atoms with van der Waals surface area (Å²) in [6, 6.07) is -0.228. The van der Waals surface area contributed by atoms with Crippen LogP contribution in [0.15, 0.2) is 0 Å². The van der Waals surface area contributed by atoms with Crippen molar-refractivity contribution < 1.29 is 9.59 Å². The van der Waals surface area contributed by atoms with Crippen LogP contribution in [0.25, 0.3) is 0 Å². The number of hydrogen-bond donors (Lipinski definition) is 1. The van der Waals surface area contributed by atoms with Crippen molar-refractivity contribution in [3.8, 4) is 0 Å². The van der Waals surface area contributed by atoms with E-state index >= 15 is 0 Å². The molecule has 1 N–H and O–H groups in total. The van der Waals surface area contributed by atoms with E-state index < -0.39 is 0 Å². The van der Waals surface area contributed by atoms with Crippen molar-refractivity contribution in [1.29, 1.82) is 0 Å². The topological polar surface area (TPSA) is 49.4 Å². The molecule has 2 unspecified atom stereocenters. The maximum absolute atomic E-state index is 11.8. The molecule has 0 aliphatic carbocycles. The zero-order valence-electron chi connectivity index (χ0n) is 10.9. The largest absolute Gasteiger partial charge is 0.354 e. The summed E-state index contributed by atoms with van der Waals surface area (Å²) in [6.45, 7) is 5.83. The summed E-state index contributed by atoms with van der Waals surface area (Å²) in [5, 5.41) is 2.94. The lowest BCUT2D eigenvalue weighted by molar-refractivity contribution is -0.131. The third kappa shape index (κ3) is 4.36. The number of nitrogens with zero attached hydrogens (tertiary/aromatic N) is 1. The van der Waals surface area contributed by atoms with Crippen molar-refractivity contribution in [3.63, 3.8) is 0 Å². The van der Waals surface area contributed by atoms with Crippen LogP contribution in [0.2, 0.25) is 0 Å². The second-order valence-corrected chi connectivity index (χ2v) is 4.97. The maximum atomic E-state index is 11.8. The quantitative estimate of drug-likeness (QED) is 0.686. The molecule has 17 heavy (non-hydrogen) atoms. The molecule has 4 heteroatoms. The number of likely N-dealkylation sites (tertiary alicyclic amines) is 1. The van der Waals surface area contributed by atoms with Crippen LogP contribution in [0.4, 0.5) is 0 Å². The molecule has 0 bridgehead atoms. The maximum Gasteiger partial charge on any atom is 0.242 e. The molecule has 2 amide bonds. The molecule has 1 aliphatic rings. The molecule has 1 fully saturated rings. The summed E-state index contributed by atoms with van der Waals surface area (Å²) in [4.78, 5) is 24.2. The van der Waals surface area contributed by atoms with Crippen LogP contribution in [0, 0.1) is 5.92 Å². The van der Waals surface area contributed by atoms with Gasteiger partial charge in [-0.15, -0.1) is 0 Å². The average Bonchev–Trinajstić information content (AvgIpc) is 2.77. The predicted octanol–water partition coefficient (Wildman–Crippen LogP) is 1.55. The zero-order valence-corrected chi connectivity index (χ0v) is 10.9. The van der Waals surface area contributed by atoms with E-state index in [4.69, 9.17) is 0 Å². The minimum atomic E-state index is -0.228. The summed E-state index contributed by atoms with van der Waals surface area (Å²) >= 11 is 0. The van der Waals surface area contributed by atoms with Crippen molar-refractivity contribution in [2.75, 3.05) is 13.1 Å². The van der Waals surface area contributed by atoms with E-state index in [1.165, 1.54) is 12.8 Å². The Morgan fingerprint density at radius 3 is 2.94 bits per heavy atom. The average molecular weight is 240 g/mol. The summed E-state index contributed by atoms with van der Waals surface area (Å²) < 4.78 is 0. The first-order chi connectivity index (χ1) is 8.19. The van der Waals surface area contributed by atoms with Crippen molar-refractivity contribution in [2.45, 2.75) is 52.0 Å². The molecule has 4 nitrogen and oxygen atoms in total. The normalized spacial score (nSPS) is 21.3. The summed E-state index contributed by atoms with van der Waals surface area (Å²) in [5.41, 5.74) is 0. The lowest BCUT2D eigenvalue weighted by Gasteiger charge is -2.19. The fourth-order valence-corrected chi connectivity index (χ4v) is 2.39. The molecule has 0 radical (unpaired) electrons. The van der Waals surface area contributed by atoms with Crippen LogP contribution < -0.4 is 5.32 Å². The van der Waals surface area contributed by atoms with Gasteiger partial charge in [-0.25, -0.2) is 0 Å². The fourth-order valence-electron chi connectivity index (χ4n) is 2.39. The summed E-state index contributed by atoms with van der Waals surface area (Å²) in [6.07, 6.45) is 5.94. The van der Waals surface area contributed by atoms with Gasteiger partial charge in [0.15, 0.2) is 0 Å². The Labute approximate surface area is 104 Å². The van der Waals surface area contributed by atoms with E-state index in [9.17, 15) is 9.59 Å². The fraction of sp³-hybridized carbons (Fsp3) is 0.846. The number of nitrogens with one attached hydrogen (secondary N) is 1. The van der Waals surface area contributed by atoms with Crippen LogP contribution in [0.5, 0.6) is 0 Å². The van der Waals surface area contributed by atoms with E-state index in [0.717, 1.165) is 32.2 Å². The van der Waals surface area contributed by atoms with Crippen molar-refractivity contribution in [3.05, 3.63) is 0 Å². The van der Waals surface area contributed by atoms with Gasteiger partial charge < -0.3 is 10.2 Å². The van der Waals surface area contributed by atoms with Gasteiger partial charge in [-0.1, -0.05) is 26.7 Å². The summed E-state index contributed by atoms with van der Waals surface area (Å²) in [7, 11) is 0. The van der Waals surface area contributed by atoms with Gasteiger partial charge >= 0.3 is 0 Å². The Bertz CT molecular complexity index is 256. The van der Waals surface area contributed by atoms with Gasteiger partial charge in [-0.05, 0) is 25.2 Å². The second kappa shape index (κ2) is 7.30. The first-order valence-electron chi connectivity index (χ1n) is 6.67. The van der Waals surface area contributed by atoms with Crippen LogP contribution in [0.3, 0.4) is 0 Å². The Balaban J connectivity index is 2.22. The zero-order chi connectivity index (χ0) is 12.7. The van der Waals surface area contributed by atoms with E-state index in [0.29, 0.717) is 12.5 Å². The summed E-state index contributed by atoms with van der Waals surface area (Å²) in [5.74, 6) is 0.671. The lowest BCUT2D eigenvalue weighted by Crippen LogP contribution is -2.43. The van der Waals surface area contributed by atoms with E-state index in [1.807, 2.05) is 0 Å². The second-order valence-electron chi connectivity index (χ2n) is 4.97. The lowest BCUT2D eigenvalue weighted by atomic mass is 10.0. The van der Waals surface area contributed by atoms with Crippen molar-refractivity contribution >= 4 is 12.3 Å². The molecule has 2 atom stereocenters. The first-order valence-corrected chi connectivity index (χ1v) is 6.67. The highest BCUT2D eigenvalue weighted by Crippen LogP contribution is 2.15. The Kier molecular flexibility index (Phi) is 6.01. The minimum absolute atomic E-state index is 0.0123. The molecular weight excluding hydrogens is 216 g/mol. The molecule has 0 saturated carbocycles. The van der Waals surface area contributed by atoms with Gasteiger partial charge in [0.1, 0.15) is 6.04 Å². The highest BCUT2D eigenvalue weighted by atomic mass is 16.2. The van der Waals surface area contributed by atoms with Gasteiger partial charge in [0.2, 0.25) is 12.3 Å². The molecule has 1 rings (SSSR count). The van der Waals surface area contributed by atoms with Gasteiger partial charge in [-0.2, -0.15) is 0 Å². The van der Waals surface area contributed by atoms with Crippen LogP contribution >= 0.6 is 0 Å². The third-order valence-corrected chi connectivity index (χ3v) is 3.45. The Morgan fingerprint density at radius 2 is 2.29 bits per heavy atom. The smallest absolute Gasteiger partial charge is 0.242 e. The molecule has 0 aromatic heterocycles. The highest BCUT2D eigenvalue weighted by molar-refractivity contribution is 5.83. The minimum Gasteiger partial charge on any atom is -0.354 e. The molecule has 0 aromatic rings. The molecule has 1 saturated heterocycles. The van der Waals surface area contributed by atoms with Crippen molar-refractivity contribution in [2.24, 2.45) is 5.92 Å². The molecule has 98 valence electrons. The monoisotopic (exact) mass is 240 g/mol. The molecule has 0 spiro atoms. The Morgan fingerprint density at radius 1 is 1.53 bits per heavy atom. The highest BCUT2D eigenvalue weighted by Gasteiger charge is 2.29. The van der Waals surface area contributed by atoms with Crippen LogP contribution in [0.1, 0.15) is 46.0 Å². The van der Waals surface area contributed by atoms with Gasteiger partial charge in [0.05, 0.1) is 0 Å². The number of carbonyl (C=O) groups is 2. The van der Waals surface area contributed by atoms with Crippen molar-refractivity contribution in [1.82, 2.24) is 10.2 Å². The van der Waals surface area contributed by atoms with Crippen LogP contribution in [-0.4, -0.2) is 36.3 Å². The van der Waals surface area contributed by atoms with Gasteiger partial charge in [-0.3, -0.25) is 9.59 Å². The van der Waals surface area contributed by atoms with Gasteiger partial charge in [0, 0.05) is 13.1 Å². The van der Waals surface area contributed by atoms with E-state index in [-0.39, 0.29) is 11.9 Å². The standard InChI is InChI=1S/C13H24N2O2/c1-3-5-11(2)7-8-14-13(17)12-6-4-9-15(12)10-16/h10-12H,3-9H2,1-2H3,(H,14,17). The molecule has 1 heterocycles. The first kappa shape index (κ1) is 14.0. The third-order valence-electron chi connectivity index (χ3n) is 3.45. The number of rotatable bonds is 7. The van der Waals surface area contributed by atoms with E-state index in [1.54, 1.807) is 4.90 Å². The van der Waals surface area contributed by atoms with Gasteiger partial charge in [0.25, 0.3) is 0 Å². The Hall–Kier alpha value is -1.06. The number of amides is 2. The molecule has 0 aromatic carbocycles. The molecular formula is C13H24N2O2.